The molecule has 172 valence electrons. The molecule has 2 aromatic rings. The van der Waals surface area contributed by atoms with Gasteiger partial charge in [0, 0.05) is 31.7 Å². The molecule has 0 atom stereocenters. The summed E-state index contributed by atoms with van der Waals surface area (Å²) in [6, 6.07) is 9.51. The molecule has 0 aromatic heterocycles. The number of halogens is 1. The minimum absolute atomic E-state index is 0.0199. The Labute approximate surface area is 193 Å². The molecule has 3 rings (SSSR count). The van der Waals surface area contributed by atoms with Gasteiger partial charge < -0.3 is 14.5 Å². The normalized spacial score (nSPS) is 14.2. The van der Waals surface area contributed by atoms with Crippen LogP contribution in [-0.2, 0) is 14.8 Å². The van der Waals surface area contributed by atoms with Gasteiger partial charge in [0.1, 0.15) is 4.90 Å². The van der Waals surface area contributed by atoms with Crippen molar-refractivity contribution in [1.82, 2.24) is 9.80 Å². The van der Waals surface area contributed by atoms with Crippen molar-refractivity contribution in [2.24, 2.45) is 0 Å². The van der Waals surface area contributed by atoms with E-state index in [1.54, 1.807) is 28.9 Å². The minimum Gasteiger partial charge on any atom is -0.450 e. The second-order valence-corrected chi connectivity index (χ2v) is 9.53. The van der Waals surface area contributed by atoms with Crippen molar-refractivity contribution in [3.05, 3.63) is 58.1 Å². The predicted octanol–water partition coefficient (Wildman–Crippen LogP) is 3.67. The highest BCUT2D eigenvalue weighted by Crippen LogP contribution is 2.27. The third kappa shape index (κ3) is 5.16. The number of carbonyl (C=O) groups excluding carboxylic acids is 2. The van der Waals surface area contributed by atoms with Crippen LogP contribution in [0.5, 0.6) is 0 Å². The summed E-state index contributed by atoms with van der Waals surface area (Å²) < 4.78 is 33.6. The Kier molecular flexibility index (Phi) is 7.30. The van der Waals surface area contributed by atoms with Crippen molar-refractivity contribution in [2.45, 2.75) is 25.7 Å². The molecule has 2 amide bonds. The maximum Gasteiger partial charge on any atom is 0.409 e. The Balaban J connectivity index is 1.79. The average Bonchev–Trinajstić information content (AvgIpc) is 2.77. The number of amides is 2. The Hall–Kier alpha value is -2.78. The van der Waals surface area contributed by atoms with Crippen molar-refractivity contribution >= 4 is 39.3 Å². The molecule has 0 spiro atoms. The molecule has 0 radical (unpaired) electrons. The summed E-state index contributed by atoms with van der Waals surface area (Å²) in [5.41, 5.74) is 2.41. The second kappa shape index (κ2) is 9.79. The topological polar surface area (TPSA) is 96.0 Å². The number of hydrogen-bond acceptors (Lipinski definition) is 5. The maximum absolute atomic E-state index is 13.0. The van der Waals surface area contributed by atoms with Gasteiger partial charge in [-0.3, -0.25) is 9.52 Å². The van der Waals surface area contributed by atoms with Crippen molar-refractivity contribution in [3.63, 3.8) is 0 Å². The summed E-state index contributed by atoms with van der Waals surface area (Å²) >= 11 is 6.19. The quantitative estimate of drug-likeness (QED) is 0.705. The molecule has 8 nitrogen and oxygen atoms in total. The highest BCUT2D eigenvalue weighted by molar-refractivity contribution is 7.92. The van der Waals surface area contributed by atoms with Gasteiger partial charge in [-0.05, 0) is 56.2 Å². The number of nitrogens with one attached hydrogen (secondary N) is 1. The lowest BCUT2D eigenvalue weighted by Crippen LogP contribution is -2.50. The molecule has 2 aromatic carbocycles. The zero-order valence-electron chi connectivity index (χ0n) is 18.2. The summed E-state index contributed by atoms with van der Waals surface area (Å²) in [6.07, 6.45) is -0.406. The van der Waals surface area contributed by atoms with Crippen molar-refractivity contribution in [1.29, 1.82) is 0 Å². The molecule has 0 saturated carbocycles. The van der Waals surface area contributed by atoms with E-state index in [0.29, 0.717) is 31.9 Å². The van der Waals surface area contributed by atoms with Crippen LogP contribution in [0, 0.1) is 13.8 Å². The van der Waals surface area contributed by atoms with E-state index in [1.807, 2.05) is 19.9 Å². The molecular weight excluding hydrogens is 454 g/mol. The molecule has 32 heavy (non-hydrogen) atoms. The van der Waals surface area contributed by atoms with Gasteiger partial charge in [0.2, 0.25) is 0 Å². The van der Waals surface area contributed by atoms with E-state index in [9.17, 15) is 18.0 Å². The second-order valence-electron chi connectivity index (χ2n) is 7.48. The Bertz CT molecular complexity index is 1130. The summed E-state index contributed by atoms with van der Waals surface area (Å²) in [6.45, 7) is 7.07. The fourth-order valence-electron chi connectivity index (χ4n) is 3.39. The first-order valence-corrected chi connectivity index (χ1v) is 12.1. The van der Waals surface area contributed by atoms with Gasteiger partial charge in [-0.25, -0.2) is 13.2 Å². The van der Waals surface area contributed by atoms with Crippen molar-refractivity contribution < 1.29 is 22.7 Å². The van der Waals surface area contributed by atoms with E-state index in [2.05, 4.69) is 4.72 Å². The van der Waals surface area contributed by atoms with Crippen LogP contribution in [0.3, 0.4) is 0 Å². The fourth-order valence-corrected chi connectivity index (χ4v) is 5.04. The summed E-state index contributed by atoms with van der Waals surface area (Å²) in [5, 5.41) is 0.0199. The lowest BCUT2D eigenvalue weighted by atomic mass is 10.1. The van der Waals surface area contributed by atoms with Gasteiger partial charge in [0.25, 0.3) is 15.9 Å². The largest absolute Gasteiger partial charge is 0.450 e. The molecule has 1 saturated heterocycles. The zero-order chi connectivity index (χ0) is 23.5. The number of ether oxygens (including phenoxy) is 1. The van der Waals surface area contributed by atoms with Crippen LogP contribution >= 0.6 is 11.6 Å². The van der Waals surface area contributed by atoms with Gasteiger partial charge in [0.15, 0.2) is 0 Å². The summed E-state index contributed by atoms with van der Waals surface area (Å²) in [5.74, 6) is -0.326. The molecule has 1 aliphatic heterocycles. The Morgan fingerprint density at radius 2 is 1.72 bits per heavy atom. The van der Waals surface area contributed by atoms with Crippen LogP contribution in [0.2, 0.25) is 5.02 Å². The van der Waals surface area contributed by atoms with Gasteiger partial charge >= 0.3 is 6.09 Å². The minimum atomic E-state index is -4.02. The van der Waals surface area contributed by atoms with Gasteiger partial charge in [-0.15, -0.1) is 0 Å². The maximum atomic E-state index is 13.0. The molecule has 1 N–H and O–H groups in total. The highest BCUT2D eigenvalue weighted by Gasteiger charge is 2.27. The van der Waals surface area contributed by atoms with Crippen molar-refractivity contribution in [2.75, 3.05) is 37.5 Å². The van der Waals surface area contributed by atoms with E-state index < -0.39 is 16.1 Å². The fraction of sp³-hybridized carbons (Fsp3) is 0.364. The lowest BCUT2D eigenvalue weighted by molar-refractivity contribution is 0.0570. The number of aryl methyl sites for hydroxylation is 1. The van der Waals surface area contributed by atoms with E-state index >= 15 is 0 Å². The predicted molar refractivity (Wildman–Crippen MR) is 123 cm³/mol. The smallest absolute Gasteiger partial charge is 0.409 e. The van der Waals surface area contributed by atoms with Gasteiger partial charge in [0.05, 0.1) is 17.3 Å². The van der Waals surface area contributed by atoms with Crippen LogP contribution in [0.1, 0.15) is 28.4 Å². The van der Waals surface area contributed by atoms with E-state index in [4.69, 9.17) is 16.3 Å². The van der Waals surface area contributed by atoms with Crippen LogP contribution in [0.4, 0.5) is 10.5 Å². The summed E-state index contributed by atoms with van der Waals surface area (Å²) in [4.78, 5) is 27.8. The van der Waals surface area contributed by atoms with Crippen LogP contribution < -0.4 is 4.72 Å². The molecule has 0 bridgehead atoms. The number of rotatable bonds is 5. The van der Waals surface area contributed by atoms with Crippen LogP contribution in [0.25, 0.3) is 0 Å². The molecule has 1 fully saturated rings. The number of sulfonamides is 1. The Morgan fingerprint density at radius 1 is 1.06 bits per heavy atom. The SMILES string of the molecule is CCOC(=O)N1CCN(C(=O)c2ccc(Cl)c(S(=O)(=O)Nc3cccc(C)c3C)c2)CC1. The first-order valence-electron chi connectivity index (χ1n) is 10.2. The first kappa shape index (κ1) is 23.9. The molecule has 10 heteroatoms. The number of hydrogen-bond donors (Lipinski definition) is 1. The monoisotopic (exact) mass is 479 g/mol. The average molecular weight is 480 g/mol. The van der Waals surface area contributed by atoms with E-state index in [0.717, 1.165) is 11.1 Å². The van der Waals surface area contributed by atoms with Crippen LogP contribution in [0.15, 0.2) is 41.3 Å². The molecule has 0 aliphatic carbocycles. The number of carbonyl (C=O) groups is 2. The Morgan fingerprint density at radius 3 is 2.38 bits per heavy atom. The number of anilines is 1. The first-order chi connectivity index (χ1) is 15.1. The number of nitrogens with zero attached hydrogens (tertiary/aromatic N) is 2. The third-order valence-corrected chi connectivity index (χ3v) is 7.26. The molecule has 1 heterocycles. The molecular formula is C22H26ClN3O5S. The standard InChI is InChI=1S/C22H26ClN3O5S/c1-4-31-22(28)26-12-10-25(11-13-26)21(27)17-8-9-18(23)20(14-17)32(29,30)24-19-7-5-6-15(2)16(19)3/h5-9,14,24H,4,10-13H2,1-3H3. The lowest BCUT2D eigenvalue weighted by Gasteiger charge is -2.34. The van der Waals surface area contributed by atoms with Gasteiger partial charge in [-0.1, -0.05) is 23.7 Å². The number of benzene rings is 2. The highest BCUT2D eigenvalue weighted by atomic mass is 35.5. The summed E-state index contributed by atoms with van der Waals surface area (Å²) in [7, 11) is -4.02. The number of piperazine rings is 1. The van der Waals surface area contributed by atoms with Crippen molar-refractivity contribution in [3.8, 4) is 0 Å². The molecule has 1 aliphatic rings. The van der Waals surface area contributed by atoms with Gasteiger partial charge in [-0.2, -0.15) is 0 Å². The third-order valence-electron chi connectivity index (χ3n) is 5.41. The van der Waals surface area contributed by atoms with E-state index in [1.165, 1.54) is 18.2 Å². The van der Waals surface area contributed by atoms with Crippen LogP contribution in [-0.4, -0.2) is 63.0 Å². The van der Waals surface area contributed by atoms with E-state index in [-0.39, 0.29) is 28.0 Å². The molecule has 0 unspecified atom stereocenters. The zero-order valence-corrected chi connectivity index (χ0v) is 19.8.